The van der Waals surface area contributed by atoms with Gasteiger partial charge in [0.15, 0.2) is 5.82 Å². The molecule has 0 radical (unpaired) electrons. The number of hydrogen-bond acceptors (Lipinski definition) is 6. The van der Waals surface area contributed by atoms with Gasteiger partial charge in [0.2, 0.25) is 15.9 Å². The Bertz CT molecular complexity index is 932. The highest BCUT2D eigenvalue weighted by Gasteiger charge is 2.40. The minimum absolute atomic E-state index is 0.222. The van der Waals surface area contributed by atoms with Crippen LogP contribution in [0.1, 0.15) is 50.2 Å². The van der Waals surface area contributed by atoms with Crippen molar-refractivity contribution in [1.82, 2.24) is 14.4 Å². The van der Waals surface area contributed by atoms with Crippen LogP contribution in [0.4, 0.5) is 4.39 Å². The van der Waals surface area contributed by atoms with Crippen molar-refractivity contribution in [2.24, 2.45) is 0 Å². The van der Waals surface area contributed by atoms with Crippen molar-refractivity contribution in [2.75, 3.05) is 26.3 Å². The van der Waals surface area contributed by atoms with E-state index in [4.69, 9.17) is 9.26 Å². The molecule has 0 atom stereocenters. The second-order valence-electron chi connectivity index (χ2n) is 7.74. The largest absolute Gasteiger partial charge is 0.381 e. The first-order valence-electron chi connectivity index (χ1n) is 9.57. The van der Waals surface area contributed by atoms with Gasteiger partial charge in [-0.25, -0.2) is 12.8 Å². The molecule has 0 N–H and O–H groups in total. The lowest BCUT2D eigenvalue weighted by atomic mass is 9.80. The first kappa shape index (κ1) is 19.5. The van der Waals surface area contributed by atoms with Gasteiger partial charge < -0.3 is 9.26 Å². The average molecular weight is 409 g/mol. The number of halogens is 1. The molecule has 4 rings (SSSR count). The molecule has 2 aliphatic rings. The highest BCUT2D eigenvalue weighted by molar-refractivity contribution is 7.89. The maximum Gasteiger partial charge on any atom is 0.245 e. The first-order chi connectivity index (χ1) is 13.4. The Morgan fingerprint density at radius 3 is 2.54 bits per heavy atom. The van der Waals surface area contributed by atoms with Gasteiger partial charge in [-0.15, -0.1) is 0 Å². The van der Waals surface area contributed by atoms with Crippen LogP contribution in [0.25, 0.3) is 0 Å². The van der Waals surface area contributed by atoms with Gasteiger partial charge in [-0.05, 0) is 37.8 Å². The molecule has 28 heavy (non-hydrogen) atoms. The van der Waals surface area contributed by atoms with Crippen LogP contribution in [0.2, 0.25) is 0 Å². The molecule has 0 amide bonds. The van der Waals surface area contributed by atoms with Crippen molar-refractivity contribution in [3.8, 4) is 0 Å². The molecule has 2 saturated heterocycles. The highest BCUT2D eigenvalue weighted by Crippen LogP contribution is 2.36. The van der Waals surface area contributed by atoms with E-state index in [9.17, 15) is 12.8 Å². The lowest BCUT2D eigenvalue weighted by molar-refractivity contribution is 0.0778. The van der Waals surface area contributed by atoms with Crippen molar-refractivity contribution in [1.29, 1.82) is 0 Å². The standard InChI is InChI=1S/C19H24FN3O4S/c1-19(18-21-17(27-22-18)14-6-12-26-13-7-14)8-10-23(11-9-19)28(24,25)16-5-3-2-4-15(16)20/h2-5,14H,6-13H2,1H3. The number of sulfonamides is 1. The molecule has 0 spiro atoms. The maximum atomic E-state index is 14.0. The normalized spacial score (nSPS) is 21.6. The average Bonchev–Trinajstić information content (AvgIpc) is 3.20. The Balaban J connectivity index is 1.47. The molecule has 1 aromatic carbocycles. The summed E-state index contributed by atoms with van der Waals surface area (Å²) in [5.41, 5.74) is -0.367. The summed E-state index contributed by atoms with van der Waals surface area (Å²) in [4.78, 5) is 4.35. The topological polar surface area (TPSA) is 85.5 Å². The Morgan fingerprint density at radius 1 is 1.18 bits per heavy atom. The van der Waals surface area contributed by atoms with Crippen LogP contribution in [0.3, 0.4) is 0 Å². The quantitative estimate of drug-likeness (QED) is 0.772. The van der Waals surface area contributed by atoms with E-state index >= 15 is 0 Å². The molecule has 2 aromatic rings. The van der Waals surface area contributed by atoms with Crippen molar-refractivity contribution >= 4 is 10.0 Å². The number of nitrogens with zero attached hydrogens (tertiary/aromatic N) is 3. The molecule has 0 bridgehead atoms. The molecule has 3 heterocycles. The summed E-state index contributed by atoms with van der Waals surface area (Å²) in [7, 11) is -3.86. The van der Waals surface area contributed by atoms with Gasteiger partial charge >= 0.3 is 0 Å². The second-order valence-corrected chi connectivity index (χ2v) is 9.64. The number of aromatic nitrogens is 2. The van der Waals surface area contributed by atoms with Gasteiger partial charge in [-0.2, -0.15) is 9.29 Å². The Labute approximate surface area is 163 Å². The first-order valence-corrected chi connectivity index (χ1v) is 11.0. The smallest absolute Gasteiger partial charge is 0.245 e. The molecule has 7 nitrogen and oxygen atoms in total. The van der Waals surface area contributed by atoms with Gasteiger partial charge in [-0.1, -0.05) is 24.2 Å². The molecule has 2 fully saturated rings. The SMILES string of the molecule is CC1(c2noc(C3CCOCC3)n2)CCN(S(=O)(=O)c2ccccc2F)CC1. The molecule has 0 unspecified atom stereocenters. The lowest BCUT2D eigenvalue weighted by Gasteiger charge is -2.36. The van der Waals surface area contributed by atoms with E-state index in [-0.39, 0.29) is 29.3 Å². The van der Waals surface area contributed by atoms with Crippen molar-refractivity contribution in [3.63, 3.8) is 0 Å². The van der Waals surface area contributed by atoms with E-state index in [1.165, 1.54) is 22.5 Å². The zero-order valence-corrected chi connectivity index (χ0v) is 16.6. The number of rotatable bonds is 4. The summed E-state index contributed by atoms with van der Waals surface area (Å²) < 4.78 is 51.8. The predicted molar refractivity (Wildman–Crippen MR) is 98.8 cm³/mol. The van der Waals surface area contributed by atoms with Crippen LogP contribution in [-0.4, -0.2) is 49.2 Å². The second kappa shape index (κ2) is 7.53. The van der Waals surface area contributed by atoms with Crippen LogP contribution in [0.5, 0.6) is 0 Å². The summed E-state index contributed by atoms with van der Waals surface area (Å²) in [6, 6.07) is 5.48. The van der Waals surface area contributed by atoms with Crippen LogP contribution in [0, 0.1) is 5.82 Å². The number of benzene rings is 1. The van der Waals surface area contributed by atoms with Gasteiger partial charge in [0, 0.05) is 37.6 Å². The third kappa shape index (κ3) is 3.58. The van der Waals surface area contributed by atoms with Gasteiger partial charge in [-0.3, -0.25) is 0 Å². The van der Waals surface area contributed by atoms with Crippen LogP contribution < -0.4 is 0 Å². The van der Waals surface area contributed by atoms with Crippen molar-refractivity contribution in [3.05, 3.63) is 41.8 Å². The summed E-state index contributed by atoms with van der Waals surface area (Å²) >= 11 is 0. The van der Waals surface area contributed by atoms with Crippen LogP contribution in [-0.2, 0) is 20.2 Å². The highest BCUT2D eigenvalue weighted by atomic mass is 32.2. The minimum Gasteiger partial charge on any atom is -0.381 e. The lowest BCUT2D eigenvalue weighted by Crippen LogP contribution is -2.44. The van der Waals surface area contributed by atoms with E-state index in [1.807, 2.05) is 6.92 Å². The van der Waals surface area contributed by atoms with Crippen LogP contribution in [0.15, 0.2) is 33.7 Å². The zero-order chi connectivity index (χ0) is 19.8. The third-order valence-corrected chi connectivity index (χ3v) is 7.76. The number of hydrogen-bond donors (Lipinski definition) is 0. The van der Waals surface area contributed by atoms with E-state index in [2.05, 4.69) is 10.1 Å². The minimum atomic E-state index is -3.86. The summed E-state index contributed by atoms with van der Waals surface area (Å²) in [5.74, 6) is 0.757. The van der Waals surface area contributed by atoms with Crippen molar-refractivity contribution in [2.45, 2.75) is 48.8 Å². The van der Waals surface area contributed by atoms with Crippen molar-refractivity contribution < 1.29 is 22.1 Å². The molecule has 0 aliphatic carbocycles. The summed E-state index contributed by atoms with van der Waals surface area (Å²) in [6.07, 6.45) is 2.83. The van der Waals surface area contributed by atoms with E-state index in [1.54, 1.807) is 0 Å². The van der Waals surface area contributed by atoms with Gasteiger partial charge in [0.25, 0.3) is 0 Å². The Morgan fingerprint density at radius 2 is 1.86 bits per heavy atom. The monoisotopic (exact) mass is 409 g/mol. The molecule has 9 heteroatoms. The fraction of sp³-hybridized carbons (Fsp3) is 0.579. The molecule has 0 saturated carbocycles. The fourth-order valence-electron chi connectivity index (χ4n) is 3.83. The molecule has 1 aromatic heterocycles. The van der Waals surface area contributed by atoms with E-state index in [0.29, 0.717) is 37.8 Å². The Hall–Kier alpha value is -1.84. The third-order valence-electron chi connectivity index (χ3n) is 5.83. The molecular formula is C19H24FN3O4S. The van der Waals surface area contributed by atoms with E-state index in [0.717, 1.165) is 18.9 Å². The molecule has 2 aliphatic heterocycles. The van der Waals surface area contributed by atoms with Gasteiger partial charge in [0.1, 0.15) is 10.7 Å². The molecular weight excluding hydrogens is 385 g/mol. The van der Waals surface area contributed by atoms with Crippen LogP contribution >= 0.6 is 0 Å². The summed E-state index contributed by atoms with van der Waals surface area (Å²) in [5, 5.41) is 4.19. The number of ether oxygens (including phenoxy) is 1. The fourth-order valence-corrected chi connectivity index (χ4v) is 5.33. The Kier molecular flexibility index (Phi) is 5.24. The van der Waals surface area contributed by atoms with Gasteiger partial charge in [0.05, 0.1) is 0 Å². The zero-order valence-electron chi connectivity index (χ0n) is 15.8. The maximum absolute atomic E-state index is 14.0. The summed E-state index contributed by atoms with van der Waals surface area (Å²) in [6.45, 7) is 3.99. The predicted octanol–water partition coefficient (Wildman–Crippen LogP) is 2.85. The van der Waals surface area contributed by atoms with E-state index < -0.39 is 15.8 Å². The number of piperidine rings is 1. The molecule has 152 valence electrons.